The van der Waals surface area contributed by atoms with E-state index in [1.54, 1.807) is 0 Å². The molecule has 0 saturated heterocycles. The van der Waals surface area contributed by atoms with Crippen LogP contribution < -0.4 is 0 Å². The zero-order valence-corrected chi connectivity index (χ0v) is 13.2. The first-order valence-electron chi connectivity index (χ1n) is 7.08. The van der Waals surface area contributed by atoms with E-state index in [1.807, 2.05) is 13.8 Å². The number of aliphatic carboxylic acids is 1. The summed E-state index contributed by atoms with van der Waals surface area (Å²) in [6.07, 6.45) is 2.15. The number of carbonyl (C=O) groups excluding carboxylic acids is 1. The highest BCUT2D eigenvalue weighted by Gasteiger charge is 2.24. The molecule has 1 amide bonds. The second-order valence-electron chi connectivity index (χ2n) is 6.75. The normalized spacial score (nSPS) is 14.8. The maximum atomic E-state index is 12.2. The van der Waals surface area contributed by atoms with Gasteiger partial charge in [0.25, 0.3) is 0 Å². The molecule has 1 N–H and O–H groups in total. The quantitative estimate of drug-likeness (QED) is 0.773. The van der Waals surface area contributed by atoms with Gasteiger partial charge >= 0.3 is 5.97 Å². The number of hydrogen-bond donors (Lipinski definition) is 1. The minimum Gasteiger partial charge on any atom is -0.480 e. The molecule has 0 bridgehead atoms. The molecule has 0 spiro atoms. The van der Waals surface area contributed by atoms with Gasteiger partial charge in [0, 0.05) is 12.5 Å². The SMILES string of the molecule is CCC(C)N(CC(=O)O)C(=O)CC(C)CC(C)(C)C. The minimum atomic E-state index is -0.947. The largest absolute Gasteiger partial charge is 0.480 e. The van der Waals surface area contributed by atoms with Crippen molar-refractivity contribution in [2.75, 3.05) is 6.54 Å². The van der Waals surface area contributed by atoms with E-state index in [0.717, 1.165) is 12.8 Å². The third kappa shape index (κ3) is 7.85. The first-order valence-corrected chi connectivity index (χ1v) is 7.08. The van der Waals surface area contributed by atoms with Gasteiger partial charge in [0.15, 0.2) is 0 Å². The van der Waals surface area contributed by atoms with E-state index in [1.165, 1.54) is 4.90 Å². The average Bonchev–Trinajstić information content (AvgIpc) is 2.21. The lowest BCUT2D eigenvalue weighted by Crippen LogP contribution is -2.42. The molecule has 0 aromatic carbocycles. The van der Waals surface area contributed by atoms with Crippen LogP contribution in [0.15, 0.2) is 0 Å². The lowest BCUT2D eigenvalue weighted by molar-refractivity contribution is -0.146. The Morgan fingerprint density at radius 3 is 2.11 bits per heavy atom. The van der Waals surface area contributed by atoms with Gasteiger partial charge in [-0.3, -0.25) is 9.59 Å². The molecule has 0 rings (SSSR count). The molecule has 0 saturated carbocycles. The van der Waals surface area contributed by atoms with Crippen molar-refractivity contribution in [3.8, 4) is 0 Å². The topological polar surface area (TPSA) is 57.6 Å². The molecular formula is C15H29NO3. The lowest BCUT2D eigenvalue weighted by atomic mass is 9.84. The van der Waals surface area contributed by atoms with Gasteiger partial charge in [-0.15, -0.1) is 0 Å². The molecule has 19 heavy (non-hydrogen) atoms. The number of hydrogen-bond acceptors (Lipinski definition) is 2. The summed E-state index contributed by atoms with van der Waals surface area (Å²) in [6, 6.07) is -0.0227. The molecule has 0 aliphatic carbocycles. The van der Waals surface area contributed by atoms with Gasteiger partial charge in [0.05, 0.1) is 0 Å². The fourth-order valence-corrected chi connectivity index (χ4v) is 2.39. The van der Waals surface area contributed by atoms with Crippen LogP contribution in [0.3, 0.4) is 0 Å². The van der Waals surface area contributed by atoms with Crippen molar-refractivity contribution in [2.45, 2.75) is 66.8 Å². The monoisotopic (exact) mass is 271 g/mol. The van der Waals surface area contributed by atoms with Crippen molar-refractivity contribution >= 4 is 11.9 Å². The lowest BCUT2D eigenvalue weighted by Gasteiger charge is -2.29. The molecule has 0 aliphatic heterocycles. The van der Waals surface area contributed by atoms with Crippen LogP contribution in [0, 0.1) is 11.3 Å². The summed E-state index contributed by atoms with van der Waals surface area (Å²) in [5, 5.41) is 8.90. The Labute approximate surface area is 117 Å². The molecule has 0 aliphatic rings. The molecule has 112 valence electrons. The molecule has 0 heterocycles. The van der Waals surface area contributed by atoms with E-state index in [2.05, 4.69) is 27.7 Å². The number of carbonyl (C=O) groups is 2. The van der Waals surface area contributed by atoms with Gasteiger partial charge in [0.1, 0.15) is 6.54 Å². The average molecular weight is 271 g/mol. The van der Waals surface area contributed by atoms with Gasteiger partial charge in [0.2, 0.25) is 5.91 Å². The second-order valence-corrected chi connectivity index (χ2v) is 6.75. The van der Waals surface area contributed by atoms with Crippen LogP contribution in [0.4, 0.5) is 0 Å². The molecule has 4 nitrogen and oxygen atoms in total. The molecule has 4 heteroatoms. The van der Waals surface area contributed by atoms with Crippen molar-refractivity contribution in [2.24, 2.45) is 11.3 Å². The molecule has 2 atom stereocenters. The summed E-state index contributed by atoms with van der Waals surface area (Å²) >= 11 is 0. The number of carboxylic acid groups (broad SMARTS) is 1. The summed E-state index contributed by atoms with van der Waals surface area (Å²) < 4.78 is 0. The fourth-order valence-electron chi connectivity index (χ4n) is 2.39. The van der Waals surface area contributed by atoms with Crippen molar-refractivity contribution < 1.29 is 14.7 Å². The number of amides is 1. The van der Waals surface area contributed by atoms with Crippen molar-refractivity contribution in [3.63, 3.8) is 0 Å². The number of rotatable bonds is 7. The Morgan fingerprint density at radius 2 is 1.74 bits per heavy atom. The Bertz CT molecular complexity index is 307. The summed E-state index contributed by atoms with van der Waals surface area (Å²) in [7, 11) is 0. The summed E-state index contributed by atoms with van der Waals surface area (Å²) in [5.74, 6) is -0.724. The van der Waals surface area contributed by atoms with Crippen molar-refractivity contribution in [1.29, 1.82) is 0 Å². The van der Waals surface area contributed by atoms with Crippen LogP contribution in [0.1, 0.15) is 60.8 Å². The van der Waals surface area contributed by atoms with Crippen LogP contribution in [-0.2, 0) is 9.59 Å². The summed E-state index contributed by atoms with van der Waals surface area (Å²) in [5.41, 5.74) is 0.188. The zero-order valence-electron chi connectivity index (χ0n) is 13.2. The third-order valence-electron chi connectivity index (χ3n) is 3.23. The first kappa shape index (κ1) is 17.9. The Kier molecular flexibility index (Phi) is 7.09. The molecule has 2 unspecified atom stereocenters. The van der Waals surface area contributed by atoms with Gasteiger partial charge in [-0.25, -0.2) is 0 Å². The summed E-state index contributed by atoms with van der Waals surface area (Å²) in [6.45, 7) is 12.2. The van der Waals surface area contributed by atoms with Gasteiger partial charge in [-0.2, -0.15) is 0 Å². The van der Waals surface area contributed by atoms with Crippen molar-refractivity contribution in [1.82, 2.24) is 4.90 Å². The standard InChI is InChI=1S/C15H29NO3/c1-7-12(3)16(10-14(18)19)13(17)8-11(2)9-15(4,5)6/h11-12H,7-10H2,1-6H3,(H,18,19). The predicted octanol–water partition coefficient (Wildman–Crippen LogP) is 3.16. The van der Waals surface area contributed by atoms with E-state index in [9.17, 15) is 9.59 Å². The zero-order chi connectivity index (χ0) is 15.2. The highest BCUT2D eigenvalue weighted by Crippen LogP contribution is 2.26. The van der Waals surface area contributed by atoms with Gasteiger partial charge < -0.3 is 10.0 Å². The van der Waals surface area contributed by atoms with Crippen LogP contribution in [-0.4, -0.2) is 34.5 Å². The molecule has 0 aromatic rings. The summed E-state index contributed by atoms with van der Waals surface area (Å²) in [4.78, 5) is 24.6. The van der Waals surface area contributed by atoms with Crippen LogP contribution in [0.2, 0.25) is 0 Å². The third-order valence-corrected chi connectivity index (χ3v) is 3.23. The second kappa shape index (κ2) is 7.51. The number of nitrogens with zero attached hydrogens (tertiary/aromatic N) is 1. The Morgan fingerprint density at radius 1 is 1.21 bits per heavy atom. The predicted molar refractivity (Wildman–Crippen MR) is 77.0 cm³/mol. The van der Waals surface area contributed by atoms with Crippen LogP contribution >= 0.6 is 0 Å². The van der Waals surface area contributed by atoms with Crippen LogP contribution in [0.5, 0.6) is 0 Å². The van der Waals surface area contributed by atoms with E-state index in [0.29, 0.717) is 6.42 Å². The maximum absolute atomic E-state index is 12.2. The van der Waals surface area contributed by atoms with E-state index in [4.69, 9.17) is 5.11 Å². The molecular weight excluding hydrogens is 242 g/mol. The van der Waals surface area contributed by atoms with Gasteiger partial charge in [-0.05, 0) is 31.1 Å². The highest BCUT2D eigenvalue weighted by atomic mass is 16.4. The van der Waals surface area contributed by atoms with Crippen LogP contribution in [0.25, 0.3) is 0 Å². The van der Waals surface area contributed by atoms with E-state index >= 15 is 0 Å². The number of carboxylic acids is 1. The Hall–Kier alpha value is -1.06. The molecule has 0 radical (unpaired) electrons. The molecule has 0 aromatic heterocycles. The smallest absolute Gasteiger partial charge is 0.323 e. The molecule has 0 fully saturated rings. The maximum Gasteiger partial charge on any atom is 0.323 e. The van der Waals surface area contributed by atoms with E-state index in [-0.39, 0.29) is 29.8 Å². The highest BCUT2D eigenvalue weighted by molar-refractivity contribution is 5.81. The van der Waals surface area contributed by atoms with Crippen molar-refractivity contribution in [3.05, 3.63) is 0 Å². The van der Waals surface area contributed by atoms with E-state index < -0.39 is 5.97 Å². The minimum absolute atomic E-state index is 0.0227. The fraction of sp³-hybridized carbons (Fsp3) is 0.867. The van der Waals surface area contributed by atoms with Gasteiger partial charge in [-0.1, -0.05) is 34.6 Å². The Balaban J connectivity index is 4.59. The first-order chi connectivity index (χ1) is 8.56.